The lowest BCUT2D eigenvalue weighted by atomic mass is 9.88. The quantitative estimate of drug-likeness (QED) is 0.411. The van der Waals surface area contributed by atoms with Gasteiger partial charge < -0.3 is 20.1 Å². The Labute approximate surface area is 241 Å². The van der Waals surface area contributed by atoms with Gasteiger partial charge >= 0.3 is 0 Å². The summed E-state index contributed by atoms with van der Waals surface area (Å²) >= 11 is 12.3. The van der Waals surface area contributed by atoms with E-state index in [4.69, 9.17) is 27.9 Å². The van der Waals surface area contributed by atoms with E-state index in [-0.39, 0.29) is 42.4 Å². The van der Waals surface area contributed by atoms with Gasteiger partial charge in [0.1, 0.15) is 11.9 Å². The number of carbonyl (C=O) groups excluding carboxylic acids is 2. The lowest BCUT2D eigenvalue weighted by Crippen LogP contribution is -2.49. The van der Waals surface area contributed by atoms with Gasteiger partial charge in [0.25, 0.3) is 5.91 Å². The average Bonchev–Trinajstić information content (AvgIpc) is 2.93. The maximum absolute atomic E-state index is 13.7. The second-order valence-corrected chi connectivity index (χ2v) is 11.9. The molecule has 0 spiro atoms. The summed E-state index contributed by atoms with van der Waals surface area (Å²) in [7, 11) is 2.02. The molecule has 2 aromatic carbocycles. The molecule has 0 aromatic heterocycles. The van der Waals surface area contributed by atoms with Crippen LogP contribution in [0.4, 0.5) is 5.69 Å². The van der Waals surface area contributed by atoms with Crippen LogP contribution in [0.5, 0.6) is 5.75 Å². The minimum atomic E-state index is -0.360. The molecule has 1 saturated carbocycles. The van der Waals surface area contributed by atoms with Gasteiger partial charge in [-0.1, -0.05) is 55.5 Å². The summed E-state index contributed by atoms with van der Waals surface area (Å²) < 4.78 is 6.50. The Kier molecular flexibility index (Phi) is 10.2. The van der Waals surface area contributed by atoms with Crippen LogP contribution in [0.15, 0.2) is 36.4 Å². The molecular formula is C30H39Cl2N3O4. The van der Waals surface area contributed by atoms with Crippen molar-refractivity contribution in [2.24, 2.45) is 11.8 Å². The third-order valence-electron chi connectivity index (χ3n) is 7.84. The number of rotatable bonds is 8. The Bertz CT molecular complexity index is 1170. The van der Waals surface area contributed by atoms with Gasteiger partial charge in [-0.05, 0) is 62.7 Å². The summed E-state index contributed by atoms with van der Waals surface area (Å²) in [6.45, 7) is 5.45. The van der Waals surface area contributed by atoms with E-state index in [0.29, 0.717) is 46.7 Å². The van der Waals surface area contributed by atoms with Crippen LogP contribution in [0.3, 0.4) is 0 Å². The van der Waals surface area contributed by atoms with Crippen molar-refractivity contribution in [3.05, 3.63) is 57.6 Å². The molecule has 0 bridgehead atoms. The third kappa shape index (κ3) is 7.46. The summed E-state index contributed by atoms with van der Waals surface area (Å²) in [5.74, 6) is 0.276. The highest BCUT2D eigenvalue weighted by atomic mass is 35.5. The van der Waals surface area contributed by atoms with Gasteiger partial charge in [0, 0.05) is 37.2 Å². The van der Waals surface area contributed by atoms with Crippen molar-refractivity contribution in [1.82, 2.24) is 9.80 Å². The maximum atomic E-state index is 13.7. The maximum Gasteiger partial charge on any atom is 0.258 e. The Morgan fingerprint density at radius 2 is 1.90 bits per heavy atom. The summed E-state index contributed by atoms with van der Waals surface area (Å²) in [4.78, 5) is 30.4. The first-order chi connectivity index (χ1) is 18.7. The Morgan fingerprint density at radius 3 is 2.59 bits per heavy atom. The lowest BCUT2D eigenvalue weighted by molar-refractivity contribution is -0.120. The van der Waals surface area contributed by atoms with E-state index >= 15 is 0 Å². The van der Waals surface area contributed by atoms with E-state index in [1.807, 2.05) is 26.1 Å². The first-order valence-electron chi connectivity index (χ1n) is 13.8. The molecule has 2 amide bonds. The summed E-state index contributed by atoms with van der Waals surface area (Å²) in [6, 6.07) is 10.5. The molecule has 1 fully saturated rings. The van der Waals surface area contributed by atoms with E-state index in [1.165, 1.54) is 6.42 Å². The van der Waals surface area contributed by atoms with Gasteiger partial charge in [-0.3, -0.25) is 14.5 Å². The fourth-order valence-electron chi connectivity index (χ4n) is 5.45. The second-order valence-electron chi connectivity index (χ2n) is 11.1. The number of nitrogens with zero attached hydrogens (tertiary/aromatic N) is 2. The van der Waals surface area contributed by atoms with Crippen molar-refractivity contribution in [2.45, 2.75) is 64.6 Å². The molecule has 212 valence electrons. The van der Waals surface area contributed by atoms with E-state index in [9.17, 15) is 14.7 Å². The SMILES string of the molecule is C[C@H](CO)N1C[C@H](C)[C@@H](CN(C)Cc2ccc(Cl)c(Cl)c2)Oc2ccc(NC(=O)C3CCCCC3)cc2C1=O. The van der Waals surface area contributed by atoms with Crippen LogP contribution >= 0.6 is 23.2 Å². The molecule has 39 heavy (non-hydrogen) atoms. The number of anilines is 1. The smallest absolute Gasteiger partial charge is 0.258 e. The molecule has 3 atom stereocenters. The van der Waals surface area contributed by atoms with Crippen LogP contribution in [-0.2, 0) is 11.3 Å². The zero-order chi connectivity index (χ0) is 28.1. The number of hydrogen-bond donors (Lipinski definition) is 2. The van der Waals surface area contributed by atoms with Crippen LogP contribution in [-0.4, -0.2) is 65.6 Å². The fourth-order valence-corrected chi connectivity index (χ4v) is 5.77. The minimum absolute atomic E-state index is 0.00182. The number of carbonyl (C=O) groups is 2. The first-order valence-corrected chi connectivity index (χ1v) is 14.6. The fraction of sp³-hybridized carbons (Fsp3) is 0.533. The Hall–Kier alpha value is -2.32. The summed E-state index contributed by atoms with van der Waals surface area (Å²) in [6.07, 6.45) is 4.89. The van der Waals surface area contributed by atoms with Crippen molar-refractivity contribution < 1.29 is 19.4 Å². The van der Waals surface area contributed by atoms with Crippen LogP contribution in [0.1, 0.15) is 61.9 Å². The highest BCUT2D eigenvalue weighted by Crippen LogP contribution is 2.32. The molecule has 1 heterocycles. The number of hydrogen-bond acceptors (Lipinski definition) is 5. The third-order valence-corrected chi connectivity index (χ3v) is 8.58. The summed E-state index contributed by atoms with van der Waals surface area (Å²) in [5.41, 5.74) is 2.01. The molecule has 2 N–H and O–H groups in total. The van der Waals surface area contributed by atoms with Crippen LogP contribution in [0, 0.1) is 11.8 Å². The van der Waals surface area contributed by atoms with Crippen molar-refractivity contribution in [3.8, 4) is 5.75 Å². The molecular weight excluding hydrogens is 537 g/mol. The number of benzene rings is 2. The summed E-state index contributed by atoms with van der Waals surface area (Å²) in [5, 5.41) is 14.0. The van der Waals surface area contributed by atoms with Crippen LogP contribution in [0.25, 0.3) is 0 Å². The first kappa shape index (κ1) is 29.7. The van der Waals surface area contributed by atoms with E-state index < -0.39 is 0 Å². The van der Waals surface area contributed by atoms with Gasteiger partial charge in [-0.25, -0.2) is 0 Å². The molecule has 9 heteroatoms. The van der Waals surface area contributed by atoms with Gasteiger partial charge in [0.15, 0.2) is 0 Å². The molecule has 0 saturated heterocycles. The predicted octanol–water partition coefficient (Wildman–Crippen LogP) is 5.86. The molecule has 0 radical (unpaired) electrons. The number of likely N-dealkylation sites (N-methyl/N-ethyl adjacent to an activating group) is 1. The van der Waals surface area contributed by atoms with Gasteiger partial charge in [0.2, 0.25) is 5.91 Å². The lowest BCUT2D eigenvalue weighted by Gasteiger charge is -2.38. The molecule has 7 nitrogen and oxygen atoms in total. The van der Waals surface area contributed by atoms with Crippen molar-refractivity contribution in [2.75, 3.05) is 32.1 Å². The normalized spacial score (nSPS) is 21.1. The number of fused-ring (bicyclic) bond motifs is 1. The van der Waals surface area contributed by atoms with E-state index in [2.05, 4.69) is 17.1 Å². The number of nitrogens with one attached hydrogen (secondary N) is 1. The Morgan fingerprint density at radius 1 is 1.15 bits per heavy atom. The standard InChI is InChI=1S/C30H39Cl2N3O4/c1-19-15-35(20(2)18-36)30(38)24-14-23(33-29(37)22-7-5-4-6-8-22)10-12-27(24)39-28(19)17-34(3)16-21-9-11-25(31)26(32)13-21/h9-14,19-20,22,28,36H,4-8,15-18H2,1-3H3,(H,33,37)/t19-,20+,28+/m0/s1. The largest absolute Gasteiger partial charge is 0.488 e. The monoisotopic (exact) mass is 575 g/mol. The number of ether oxygens (including phenoxy) is 1. The van der Waals surface area contributed by atoms with Crippen LogP contribution < -0.4 is 10.1 Å². The molecule has 0 unspecified atom stereocenters. The average molecular weight is 577 g/mol. The Balaban J connectivity index is 1.56. The molecule has 2 aliphatic rings. The molecule has 1 aliphatic carbocycles. The molecule has 4 rings (SSSR count). The van der Waals surface area contributed by atoms with Crippen molar-refractivity contribution >= 4 is 40.7 Å². The number of aliphatic hydroxyl groups is 1. The van der Waals surface area contributed by atoms with E-state index in [1.54, 1.807) is 29.2 Å². The highest BCUT2D eigenvalue weighted by Gasteiger charge is 2.34. The zero-order valence-corrected chi connectivity index (χ0v) is 24.5. The van der Waals surface area contributed by atoms with Crippen LogP contribution in [0.2, 0.25) is 10.0 Å². The zero-order valence-electron chi connectivity index (χ0n) is 23.0. The minimum Gasteiger partial charge on any atom is -0.488 e. The topological polar surface area (TPSA) is 82.1 Å². The number of amides is 2. The highest BCUT2D eigenvalue weighted by molar-refractivity contribution is 6.42. The number of halogens is 2. The number of aliphatic hydroxyl groups excluding tert-OH is 1. The van der Waals surface area contributed by atoms with Crippen molar-refractivity contribution in [3.63, 3.8) is 0 Å². The molecule has 1 aliphatic heterocycles. The molecule has 2 aromatic rings. The van der Waals surface area contributed by atoms with Gasteiger partial charge in [-0.15, -0.1) is 0 Å². The second kappa shape index (κ2) is 13.4. The van der Waals surface area contributed by atoms with E-state index in [0.717, 1.165) is 31.2 Å². The van der Waals surface area contributed by atoms with Crippen molar-refractivity contribution in [1.29, 1.82) is 0 Å². The predicted molar refractivity (Wildman–Crippen MR) is 156 cm³/mol. The van der Waals surface area contributed by atoms with Gasteiger partial charge in [0.05, 0.1) is 28.3 Å². The van der Waals surface area contributed by atoms with Gasteiger partial charge in [-0.2, -0.15) is 0 Å².